The molecule has 0 spiro atoms. The number of ether oxygens (including phenoxy) is 1. The number of hydrogen-bond acceptors (Lipinski definition) is 5. The fraction of sp³-hybridized carbons (Fsp3) is 0.500. The van der Waals surface area contributed by atoms with Crippen LogP contribution in [-0.4, -0.2) is 45.6 Å². The van der Waals surface area contributed by atoms with Crippen molar-refractivity contribution in [3.63, 3.8) is 0 Å². The Kier molecular flexibility index (Phi) is 6.04. The maximum atomic E-state index is 13.2. The van der Waals surface area contributed by atoms with Crippen LogP contribution in [0.15, 0.2) is 18.2 Å². The van der Waals surface area contributed by atoms with Crippen LogP contribution in [0.25, 0.3) is 0 Å². The number of carbonyl (C=O) groups is 3. The van der Waals surface area contributed by atoms with Crippen molar-refractivity contribution in [2.45, 2.75) is 59.5 Å². The normalized spacial score (nSPS) is 17.2. The number of nitrogens with one attached hydrogen (secondary N) is 1. The molecule has 3 heterocycles. The van der Waals surface area contributed by atoms with Crippen LogP contribution in [0.3, 0.4) is 0 Å². The Morgan fingerprint density at radius 1 is 1.31 bits per heavy atom. The zero-order chi connectivity index (χ0) is 23.0. The summed E-state index contributed by atoms with van der Waals surface area (Å²) in [5.74, 6) is -0.820. The molecule has 0 radical (unpaired) electrons. The van der Waals surface area contributed by atoms with Gasteiger partial charge in [-0.3, -0.25) is 14.3 Å². The quantitative estimate of drug-likeness (QED) is 0.700. The van der Waals surface area contributed by atoms with Gasteiger partial charge in [-0.25, -0.2) is 4.79 Å². The second kappa shape index (κ2) is 8.76. The average Bonchev–Trinajstić information content (AvgIpc) is 3.26. The molecule has 1 unspecified atom stereocenters. The maximum Gasteiger partial charge on any atom is 0.359 e. The molecule has 0 fully saturated rings. The molecule has 32 heavy (non-hydrogen) atoms. The van der Waals surface area contributed by atoms with Crippen LogP contribution >= 0.6 is 0 Å². The minimum Gasteiger partial charge on any atom is -0.461 e. The van der Waals surface area contributed by atoms with E-state index in [-0.39, 0.29) is 24.8 Å². The van der Waals surface area contributed by atoms with Gasteiger partial charge in [-0.15, -0.1) is 0 Å². The van der Waals surface area contributed by atoms with Gasteiger partial charge < -0.3 is 15.0 Å². The van der Waals surface area contributed by atoms with Crippen LogP contribution in [0, 0.1) is 12.8 Å². The Hall–Kier alpha value is -3.16. The number of amides is 2. The molecule has 1 N–H and O–H groups in total. The molecule has 8 heteroatoms. The van der Waals surface area contributed by atoms with Gasteiger partial charge in [-0.05, 0) is 30.9 Å². The SMILES string of the molecule is CCOC(=O)c1nn(CC(C)C)c2c1CN(C(=O)CC1C(=O)Nc3c(C)cccc31)CC2. The number of nitrogens with zero attached hydrogens (tertiary/aromatic N) is 3. The van der Waals surface area contributed by atoms with Crippen LogP contribution in [0.1, 0.15) is 66.0 Å². The summed E-state index contributed by atoms with van der Waals surface area (Å²) in [5, 5.41) is 7.45. The average molecular weight is 439 g/mol. The van der Waals surface area contributed by atoms with E-state index in [0.29, 0.717) is 37.7 Å². The Morgan fingerprint density at radius 3 is 2.81 bits per heavy atom. The number of carbonyl (C=O) groups excluding carboxylic acids is 3. The molecule has 4 rings (SSSR count). The summed E-state index contributed by atoms with van der Waals surface area (Å²) < 4.78 is 7.10. The van der Waals surface area contributed by atoms with E-state index >= 15 is 0 Å². The second-order valence-electron chi connectivity index (χ2n) is 8.92. The molecule has 2 aliphatic rings. The van der Waals surface area contributed by atoms with E-state index in [1.54, 1.807) is 11.8 Å². The van der Waals surface area contributed by atoms with Crippen molar-refractivity contribution in [3.8, 4) is 0 Å². The monoisotopic (exact) mass is 438 g/mol. The van der Waals surface area contributed by atoms with Gasteiger partial charge in [0.05, 0.1) is 12.5 Å². The molecular formula is C24H30N4O4. The van der Waals surface area contributed by atoms with Gasteiger partial charge in [0.25, 0.3) is 0 Å². The number of aryl methyl sites for hydroxylation is 1. The number of esters is 1. The summed E-state index contributed by atoms with van der Waals surface area (Å²) in [6.07, 6.45) is 0.721. The second-order valence-corrected chi connectivity index (χ2v) is 8.92. The fourth-order valence-corrected chi connectivity index (χ4v) is 4.57. The van der Waals surface area contributed by atoms with Crippen molar-refractivity contribution in [3.05, 3.63) is 46.3 Å². The first-order valence-corrected chi connectivity index (χ1v) is 11.2. The first-order chi connectivity index (χ1) is 15.3. The zero-order valence-electron chi connectivity index (χ0n) is 19.1. The van der Waals surface area contributed by atoms with Crippen molar-refractivity contribution >= 4 is 23.5 Å². The van der Waals surface area contributed by atoms with Crippen molar-refractivity contribution in [1.82, 2.24) is 14.7 Å². The summed E-state index contributed by atoms with van der Waals surface area (Å²) in [6.45, 7) is 9.71. The highest BCUT2D eigenvalue weighted by Crippen LogP contribution is 2.37. The van der Waals surface area contributed by atoms with Crippen molar-refractivity contribution < 1.29 is 19.1 Å². The van der Waals surface area contributed by atoms with E-state index in [4.69, 9.17) is 4.74 Å². The molecule has 0 bridgehead atoms. The van der Waals surface area contributed by atoms with Crippen LogP contribution in [-0.2, 0) is 33.8 Å². The predicted octanol–water partition coefficient (Wildman–Crippen LogP) is 3.03. The number of rotatable bonds is 6. The minimum atomic E-state index is -0.494. The Bertz CT molecular complexity index is 1070. The number of aromatic nitrogens is 2. The summed E-state index contributed by atoms with van der Waals surface area (Å²) in [4.78, 5) is 40.0. The van der Waals surface area contributed by atoms with Crippen LogP contribution in [0.4, 0.5) is 5.69 Å². The van der Waals surface area contributed by atoms with E-state index in [2.05, 4.69) is 24.3 Å². The van der Waals surface area contributed by atoms with Crippen LogP contribution in [0.5, 0.6) is 0 Å². The van der Waals surface area contributed by atoms with E-state index in [1.807, 2.05) is 29.8 Å². The van der Waals surface area contributed by atoms with Crippen molar-refractivity contribution in [1.29, 1.82) is 0 Å². The molecule has 8 nitrogen and oxygen atoms in total. The number of para-hydroxylation sites is 1. The zero-order valence-corrected chi connectivity index (χ0v) is 19.1. The molecule has 2 aliphatic heterocycles. The van der Waals surface area contributed by atoms with Gasteiger partial charge in [0.1, 0.15) is 0 Å². The summed E-state index contributed by atoms with van der Waals surface area (Å²) in [5.41, 5.74) is 4.72. The van der Waals surface area contributed by atoms with E-state index in [1.165, 1.54) is 0 Å². The third-order valence-electron chi connectivity index (χ3n) is 6.12. The third-order valence-corrected chi connectivity index (χ3v) is 6.12. The number of fused-ring (bicyclic) bond motifs is 2. The van der Waals surface area contributed by atoms with Gasteiger partial charge in [0.15, 0.2) is 5.69 Å². The maximum absolute atomic E-state index is 13.2. The smallest absolute Gasteiger partial charge is 0.359 e. The van der Waals surface area contributed by atoms with Crippen LogP contribution in [0.2, 0.25) is 0 Å². The lowest BCUT2D eigenvalue weighted by atomic mass is 9.94. The lowest BCUT2D eigenvalue weighted by Crippen LogP contribution is -2.38. The standard InChI is InChI=1S/C24H30N4O4/c1-5-32-24(31)22-18-13-27(10-9-19(18)28(26-22)12-14(2)3)20(29)11-17-16-8-6-7-15(4)21(16)25-23(17)30/h6-8,14,17H,5,9-13H2,1-4H3,(H,25,30). The molecule has 0 saturated heterocycles. The predicted molar refractivity (Wildman–Crippen MR) is 119 cm³/mol. The molecular weight excluding hydrogens is 408 g/mol. The van der Waals surface area contributed by atoms with Gasteiger partial charge in [-0.1, -0.05) is 32.0 Å². The molecule has 1 aromatic carbocycles. The van der Waals surface area contributed by atoms with Crippen molar-refractivity contribution in [2.24, 2.45) is 5.92 Å². The molecule has 2 amide bonds. The Labute approximate surface area is 187 Å². The number of hydrogen-bond donors (Lipinski definition) is 1. The summed E-state index contributed by atoms with van der Waals surface area (Å²) in [6, 6.07) is 5.76. The first-order valence-electron chi connectivity index (χ1n) is 11.2. The van der Waals surface area contributed by atoms with E-state index < -0.39 is 11.9 Å². The summed E-state index contributed by atoms with van der Waals surface area (Å²) in [7, 11) is 0. The topological polar surface area (TPSA) is 93.5 Å². The molecule has 170 valence electrons. The molecule has 0 saturated carbocycles. The number of benzene rings is 1. The van der Waals surface area contributed by atoms with Gasteiger partial charge in [0.2, 0.25) is 11.8 Å². The molecule has 1 aromatic heterocycles. The number of anilines is 1. The fourth-order valence-electron chi connectivity index (χ4n) is 4.57. The van der Waals surface area contributed by atoms with Gasteiger partial charge in [0, 0.05) is 49.4 Å². The Morgan fingerprint density at radius 2 is 2.09 bits per heavy atom. The van der Waals surface area contributed by atoms with Crippen LogP contribution < -0.4 is 5.32 Å². The lowest BCUT2D eigenvalue weighted by Gasteiger charge is -2.28. The third kappa shape index (κ3) is 4.01. The van der Waals surface area contributed by atoms with E-state index in [0.717, 1.165) is 28.1 Å². The molecule has 0 aliphatic carbocycles. The highest BCUT2D eigenvalue weighted by molar-refractivity contribution is 6.05. The summed E-state index contributed by atoms with van der Waals surface area (Å²) >= 11 is 0. The molecule has 2 aromatic rings. The minimum absolute atomic E-state index is 0.100. The van der Waals surface area contributed by atoms with Gasteiger partial charge in [-0.2, -0.15) is 5.10 Å². The lowest BCUT2D eigenvalue weighted by molar-refractivity contribution is -0.134. The highest BCUT2D eigenvalue weighted by Gasteiger charge is 2.36. The van der Waals surface area contributed by atoms with Crippen molar-refractivity contribution in [2.75, 3.05) is 18.5 Å². The molecule has 1 atom stereocenters. The largest absolute Gasteiger partial charge is 0.461 e. The van der Waals surface area contributed by atoms with E-state index in [9.17, 15) is 14.4 Å². The van der Waals surface area contributed by atoms with Gasteiger partial charge >= 0.3 is 5.97 Å². The Balaban J connectivity index is 1.56. The highest BCUT2D eigenvalue weighted by atomic mass is 16.5. The first kappa shape index (κ1) is 22.0.